The van der Waals surface area contributed by atoms with Gasteiger partial charge in [0.15, 0.2) is 6.04 Å². The van der Waals surface area contributed by atoms with Crippen molar-refractivity contribution in [3.63, 3.8) is 0 Å². The highest BCUT2D eigenvalue weighted by Crippen LogP contribution is 2.23. The molecular weight excluding hydrogens is 370 g/mol. The van der Waals surface area contributed by atoms with E-state index in [1.165, 1.54) is 16.0 Å². The van der Waals surface area contributed by atoms with Gasteiger partial charge in [-0.2, -0.15) is 0 Å². The van der Waals surface area contributed by atoms with E-state index in [-0.39, 0.29) is 18.0 Å². The van der Waals surface area contributed by atoms with E-state index in [9.17, 15) is 9.59 Å². The van der Waals surface area contributed by atoms with Crippen LogP contribution in [-0.2, 0) is 4.79 Å². The van der Waals surface area contributed by atoms with E-state index in [2.05, 4.69) is 53.3 Å². The number of nitrogens with one attached hydrogen (secondary N) is 1. The van der Waals surface area contributed by atoms with Crippen LogP contribution in [-0.4, -0.2) is 17.9 Å². The molecule has 0 saturated heterocycles. The smallest absolute Gasteiger partial charge is 0.282 e. The molecule has 0 fully saturated rings. The maximum atomic E-state index is 12.7. The van der Waals surface area contributed by atoms with Crippen molar-refractivity contribution in [1.82, 2.24) is 0 Å². The molecule has 0 spiro atoms. The summed E-state index contributed by atoms with van der Waals surface area (Å²) >= 11 is 1.69. The summed E-state index contributed by atoms with van der Waals surface area (Å²) in [4.78, 5) is 25.1. The van der Waals surface area contributed by atoms with Crippen LogP contribution in [0.5, 0.6) is 0 Å². The topological polar surface area (TPSA) is 88.8 Å². The van der Waals surface area contributed by atoms with Gasteiger partial charge in [-0.05, 0) is 49.6 Å². The zero-order valence-electron chi connectivity index (χ0n) is 15.9. The van der Waals surface area contributed by atoms with Crippen molar-refractivity contribution >= 4 is 28.8 Å². The molecule has 1 aromatic heterocycles. The number of carbonyl (C=O) groups is 2. The van der Waals surface area contributed by atoms with Gasteiger partial charge in [-0.25, -0.2) is 0 Å². The summed E-state index contributed by atoms with van der Waals surface area (Å²) in [6, 6.07) is 18.9. The maximum absolute atomic E-state index is 12.7. The van der Waals surface area contributed by atoms with E-state index in [0.717, 1.165) is 0 Å². The maximum Gasteiger partial charge on any atom is 0.282 e. The highest BCUT2D eigenvalue weighted by molar-refractivity contribution is 7.10. The Morgan fingerprint density at radius 2 is 1.71 bits per heavy atom. The SMILES string of the molecule is Cc1ccc([C@H]([NH2+][C@@H](C)C(=O)Nc2ccc(C(N)=O)cc2)c2cccs2)cc1. The van der Waals surface area contributed by atoms with Gasteiger partial charge >= 0.3 is 0 Å². The molecule has 6 heteroatoms. The molecule has 144 valence electrons. The van der Waals surface area contributed by atoms with Gasteiger partial charge in [-0.1, -0.05) is 35.9 Å². The van der Waals surface area contributed by atoms with Gasteiger partial charge in [0, 0.05) is 16.8 Å². The van der Waals surface area contributed by atoms with E-state index in [1.54, 1.807) is 35.6 Å². The third kappa shape index (κ3) is 4.85. The predicted molar refractivity (Wildman–Crippen MR) is 112 cm³/mol. The van der Waals surface area contributed by atoms with Gasteiger partial charge in [-0.3, -0.25) is 9.59 Å². The van der Waals surface area contributed by atoms with Crippen molar-refractivity contribution in [2.45, 2.75) is 25.9 Å². The molecule has 0 saturated carbocycles. The minimum Gasteiger partial charge on any atom is -0.366 e. The number of hydrogen-bond acceptors (Lipinski definition) is 3. The Balaban J connectivity index is 1.72. The van der Waals surface area contributed by atoms with E-state index in [1.807, 2.05) is 13.0 Å². The molecule has 28 heavy (non-hydrogen) atoms. The van der Waals surface area contributed by atoms with E-state index in [0.29, 0.717) is 11.3 Å². The number of rotatable bonds is 7. The molecule has 2 atom stereocenters. The Bertz CT molecular complexity index is 935. The number of amides is 2. The second-order valence-corrected chi connectivity index (χ2v) is 7.80. The lowest BCUT2D eigenvalue weighted by molar-refractivity contribution is -0.703. The predicted octanol–water partition coefficient (Wildman–Crippen LogP) is 2.84. The molecule has 3 rings (SSSR count). The number of quaternary nitrogens is 1. The van der Waals surface area contributed by atoms with E-state index >= 15 is 0 Å². The normalized spacial score (nSPS) is 12.9. The molecule has 5 N–H and O–H groups in total. The minimum atomic E-state index is -0.489. The molecular formula is C22H24N3O2S+. The molecule has 0 radical (unpaired) electrons. The average molecular weight is 395 g/mol. The van der Waals surface area contributed by atoms with Crippen molar-refractivity contribution in [1.29, 1.82) is 0 Å². The quantitative estimate of drug-likeness (QED) is 0.575. The highest BCUT2D eigenvalue weighted by Gasteiger charge is 2.25. The van der Waals surface area contributed by atoms with Crippen LogP contribution in [0.15, 0.2) is 66.0 Å². The molecule has 0 aliphatic carbocycles. The summed E-state index contributed by atoms with van der Waals surface area (Å²) in [5.41, 5.74) is 8.67. The van der Waals surface area contributed by atoms with Gasteiger partial charge in [-0.15, -0.1) is 11.3 Å². The van der Waals surface area contributed by atoms with Crippen LogP contribution < -0.4 is 16.4 Å². The molecule has 2 aromatic carbocycles. The zero-order valence-corrected chi connectivity index (χ0v) is 16.7. The lowest BCUT2D eigenvalue weighted by atomic mass is 10.0. The monoisotopic (exact) mass is 394 g/mol. The lowest BCUT2D eigenvalue weighted by Gasteiger charge is -2.19. The highest BCUT2D eigenvalue weighted by atomic mass is 32.1. The fourth-order valence-corrected chi connectivity index (χ4v) is 3.79. The number of thiophene rings is 1. The molecule has 3 aromatic rings. The first kappa shape index (κ1) is 19.8. The van der Waals surface area contributed by atoms with Crippen LogP contribution in [0, 0.1) is 6.92 Å². The summed E-state index contributed by atoms with van der Waals surface area (Å²) in [6.07, 6.45) is 0. The van der Waals surface area contributed by atoms with Crippen molar-refractivity contribution in [2.24, 2.45) is 5.73 Å². The zero-order chi connectivity index (χ0) is 20.1. The number of primary amides is 1. The molecule has 5 nitrogen and oxygen atoms in total. The molecule has 0 aliphatic heterocycles. The number of nitrogens with two attached hydrogens (primary N) is 2. The number of hydrogen-bond donors (Lipinski definition) is 3. The van der Waals surface area contributed by atoms with E-state index in [4.69, 9.17) is 5.73 Å². The first-order chi connectivity index (χ1) is 13.4. The first-order valence-corrected chi connectivity index (χ1v) is 9.97. The molecule has 0 unspecified atom stereocenters. The Kier molecular flexibility index (Phi) is 6.23. The fraction of sp³-hybridized carbons (Fsp3) is 0.182. The van der Waals surface area contributed by atoms with Crippen LogP contribution in [0.3, 0.4) is 0 Å². The van der Waals surface area contributed by atoms with Gasteiger partial charge in [0.05, 0.1) is 4.88 Å². The number of carbonyl (C=O) groups excluding carboxylic acids is 2. The Hall–Kier alpha value is -2.96. The third-order valence-electron chi connectivity index (χ3n) is 4.62. The largest absolute Gasteiger partial charge is 0.366 e. The molecule has 1 heterocycles. The second kappa shape index (κ2) is 8.82. The van der Waals surface area contributed by atoms with Crippen LogP contribution in [0.4, 0.5) is 5.69 Å². The molecule has 2 amide bonds. The van der Waals surface area contributed by atoms with E-state index < -0.39 is 5.91 Å². The van der Waals surface area contributed by atoms with Crippen LogP contribution in [0.2, 0.25) is 0 Å². The van der Waals surface area contributed by atoms with Crippen LogP contribution in [0.25, 0.3) is 0 Å². The summed E-state index contributed by atoms with van der Waals surface area (Å²) in [5.74, 6) is -0.586. The first-order valence-electron chi connectivity index (χ1n) is 9.09. The third-order valence-corrected chi connectivity index (χ3v) is 5.57. The van der Waals surface area contributed by atoms with Crippen molar-refractivity contribution in [3.05, 3.63) is 87.6 Å². The number of benzene rings is 2. The summed E-state index contributed by atoms with van der Waals surface area (Å²) in [6.45, 7) is 3.95. The molecule has 0 aliphatic rings. The fourth-order valence-electron chi connectivity index (χ4n) is 2.96. The molecule has 0 bridgehead atoms. The summed E-state index contributed by atoms with van der Waals surface area (Å²) in [5, 5.41) is 7.02. The van der Waals surface area contributed by atoms with Crippen LogP contribution in [0.1, 0.15) is 39.3 Å². The Labute approximate surface area is 168 Å². The summed E-state index contributed by atoms with van der Waals surface area (Å²) < 4.78 is 0. The second-order valence-electron chi connectivity index (χ2n) is 6.82. The Morgan fingerprint density at radius 1 is 1.04 bits per heavy atom. The van der Waals surface area contributed by atoms with Crippen molar-refractivity contribution < 1.29 is 14.9 Å². The minimum absolute atomic E-state index is 0.0542. The lowest BCUT2D eigenvalue weighted by Crippen LogP contribution is -2.92. The van der Waals surface area contributed by atoms with Crippen LogP contribution >= 0.6 is 11.3 Å². The van der Waals surface area contributed by atoms with Crippen molar-refractivity contribution in [3.8, 4) is 0 Å². The van der Waals surface area contributed by atoms with Gasteiger partial charge < -0.3 is 16.4 Å². The average Bonchev–Trinajstić information content (AvgIpc) is 3.21. The standard InChI is InChI=1S/C22H23N3O2S/c1-14-5-7-16(8-6-14)20(19-4-3-13-28-19)24-15(2)22(27)25-18-11-9-17(10-12-18)21(23)26/h3-13,15,20,24H,1-2H3,(H2,23,26)(H,25,27)/p+1/t15-,20-/m0/s1. The van der Waals surface area contributed by atoms with Gasteiger partial charge in [0.2, 0.25) is 5.91 Å². The van der Waals surface area contributed by atoms with Crippen molar-refractivity contribution in [2.75, 3.05) is 5.32 Å². The Morgan fingerprint density at radius 3 is 2.29 bits per heavy atom. The van der Waals surface area contributed by atoms with Gasteiger partial charge in [0.25, 0.3) is 5.91 Å². The number of aryl methyl sites for hydroxylation is 1. The van der Waals surface area contributed by atoms with Gasteiger partial charge in [0.1, 0.15) is 6.04 Å². The number of anilines is 1. The summed E-state index contributed by atoms with van der Waals surface area (Å²) in [7, 11) is 0.